The van der Waals surface area contributed by atoms with Crippen molar-refractivity contribution in [3.63, 3.8) is 0 Å². The van der Waals surface area contributed by atoms with E-state index in [1.807, 2.05) is 0 Å². The molecule has 21 heavy (non-hydrogen) atoms. The van der Waals surface area contributed by atoms with E-state index in [1.54, 1.807) is 0 Å². The number of hydrogen-bond acceptors (Lipinski definition) is 4. The van der Waals surface area contributed by atoms with Gasteiger partial charge in [0.05, 0.1) is 13.2 Å². The standard InChI is InChI=1S/C15H24N4O2/c1-15(2)9-11-13(14(20)16-10-15)18-12(17-11)3-4-19-5-7-21-8-6-19/h3-10H2,1-2H3,(H,16,20)(H,17,18). The Bertz CT molecular complexity index is 518. The first kappa shape index (κ1) is 14.5. The van der Waals surface area contributed by atoms with Crippen LogP contribution in [0.25, 0.3) is 0 Å². The number of carbonyl (C=O) groups excluding carboxylic acids is 1. The van der Waals surface area contributed by atoms with Gasteiger partial charge >= 0.3 is 0 Å². The molecule has 0 spiro atoms. The number of hydrogen-bond donors (Lipinski definition) is 2. The predicted molar refractivity (Wildman–Crippen MR) is 79.4 cm³/mol. The molecule has 1 fully saturated rings. The summed E-state index contributed by atoms with van der Waals surface area (Å²) in [6.07, 6.45) is 1.70. The summed E-state index contributed by atoms with van der Waals surface area (Å²) in [5.74, 6) is 0.865. The van der Waals surface area contributed by atoms with Crippen LogP contribution in [0.5, 0.6) is 0 Å². The molecule has 2 N–H and O–H groups in total. The molecule has 2 aliphatic rings. The number of rotatable bonds is 3. The normalized spacial score (nSPS) is 22.5. The molecule has 0 radical (unpaired) electrons. The van der Waals surface area contributed by atoms with Crippen molar-refractivity contribution in [3.8, 4) is 0 Å². The highest BCUT2D eigenvalue weighted by molar-refractivity contribution is 5.93. The number of fused-ring (bicyclic) bond motifs is 1. The Hall–Kier alpha value is -1.40. The molecular formula is C15H24N4O2. The lowest BCUT2D eigenvalue weighted by molar-refractivity contribution is 0.0382. The lowest BCUT2D eigenvalue weighted by atomic mass is 9.88. The molecule has 0 aliphatic carbocycles. The zero-order valence-electron chi connectivity index (χ0n) is 12.9. The van der Waals surface area contributed by atoms with Gasteiger partial charge in [-0.25, -0.2) is 4.98 Å². The van der Waals surface area contributed by atoms with Crippen molar-refractivity contribution in [3.05, 3.63) is 17.2 Å². The third kappa shape index (κ3) is 3.44. The summed E-state index contributed by atoms with van der Waals surface area (Å²) >= 11 is 0. The highest BCUT2D eigenvalue weighted by Crippen LogP contribution is 2.25. The summed E-state index contributed by atoms with van der Waals surface area (Å²) in [5, 5.41) is 2.96. The first-order valence-electron chi connectivity index (χ1n) is 7.70. The minimum Gasteiger partial charge on any atom is -0.379 e. The molecule has 0 unspecified atom stereocenters. The topological polar surface area (TPSA) is 70.2 Å². The molecule has 6 heteroatoms. The SMILES string of the molecule is CC1(C)CNC(=O)c2nc(CCN3CCOCC3)[nH]c2C1. The van der Waals surface area contributed by atoms with Crippen LogP contribution in [0.3, 0.4) is 0 Å². The van der Waals surface area contributed by atoms with Crippen molar-refractivity contribution in [2.45, 2.75) is 26.7 Å². The van der Waals surface area contributed by atoms with Crippen LogP contribution >= 0.6 is 0 Å². The Balaban J connectivity index is 1.68. The molecule has 1 saturated heterocycles. The fourth-order valence-corrected chi connectivity index (χ4v) is 2.93. The summed E-state index contributed by atoms with van der Waals surface area (Å²) in [7, 11) is 0. The van der Waals surface area contributed by atoms with E-state index in [0.717, 1.165) is 57.2 Å². The number of H-pyrrole nitrogens is 1. The Kier molecular flexibility index (Phi) is 3.99. The number of aromatic amines is 1. The van der Waals surface area contributed by atoms with Gasteiger partial charge in [-0.2, -0.15) is 0 Å². The second-order valence-electron chi connectivity index (χ2n) is 6.74. The largest absolute Gasteiger partial charge is 0.379 e. The number of morpholine rings is 1. The highest BCUT2D eigenvalue weighted by atomic mass is 16.5. The van der Waals surface area contributed by atoms with Gasteiger partial charge in [-0.15, -0.1) is 0 Å². The van der Waals surface area contributed by atoms with E-state index in [9.17, 15) is 4.79 Å². The van der Waals surface area contributed by atoms with E-state index in [-0.39, 0.29) is 11.3 Å². The van der Waals surface area contributed by atoms with Crippen LogP contribution in [0.15, 0.2) is 0 Å². The van der Waals surface area contributed by atoms with Crippen molar-refractivity contribution in [1.29, 1.82) is 0 Å². The van der Waals surface area contributed by atoms with Gasteiger partial charge in [0.2, 0.25) is 0 Å². The van der Waals surface area contributed by atoms with Gasteiger partial charge < -0.3 is 15.0 Å². The number of carbonyl (C=O) groups is 1. The van der Waals surface area contributed by atoms with E-state index in [0.29, 0.717) is 12.2 Å². The van der Waals surface area contributed by atoms with Crippen molar-refractivity contribution in [1.82, 2.24) is 20.2 Å². The smallest absolute Gasteiger partial charge is 0.271 e. The second-order valence-corrected chi connectivity index (χ2v) is 6.74. The minimum atomic E-state index is -0.0514. The first-order chi connectivity index (χ1) is 10.0. The molecule has 3 rings (SSSR count). The van der Waals surface area contributed by atoms with E-state index in [2.05, 4.69) is 34.0 Å². The van der Waals surface area contributed by atoms with E-state index in [4.69, 9.17) is 4.74 Å². The quantitative estimate of drug-likeness (QED) is 0.856. The van der Waals surface area contributed by atoms with Gasteiger partial charge in [0.25, 0.3) is 5.91 Å². The van der Waals surface area contributed by atoms with Crippen LogP contribution in [-0.4, -0.2) is 60.2 Å². The number of imidazole rings is 1. The maximum atomic E-state index is 12.1. The van der Waals surface area contributed by atoms with Crippen molar-refractivity contribution < 1.29 is 9.53 Å². The number of nitrogens with one attached hydrogen (secondary N) is 2. The van der Waals surface area contributed by atoms with Crippen LogP contribution in [0, 0.1) is 5.41 Å². The Morgan fingerprint density at radius 2 is 2.10 bits per heavy atom. The molecule has 1 aromatic heterocycles. The fourth-order valence-electron chi connectivity index (χ4n) is 2.93. The molecule has 116 valence electrons. The Morgan fingerprint density at radius 3 is 2.86 bits per heavy atom. The van der Waals surface area contributed by atoms with Gasteiger partial charge in [0.1, 0.15) is 11.5 Å². The van der Waals surface area contributed by atoms with Gasteiger partial charge in [0, 0.05) is 38.3 Å². The van der Waals surface area contributed by atoms with Gasteiger partial charge in [-0.1, -0.05) is 13.8 Å². The van der Waals surface area contributed by atoms with Crippen LogP contribution < -0.4 is 5.32 Å². The first-order valence-corrected chi connectivity index (χ1v) is 7.70. The summed E-state index contributed by atoms with van der Waals surface area (Å²) in [6, 6.07) is 0. The predicted octanol–water partition coefficient (Wildman–Crippen LogP) is 0.597. The number of ether oxygens (including phenoxy) is 1. The van der Waals surface area contributed by atoms with Crippen LogP contribution in [-0.2, 0) is 17.6 Å². The van der Waals surface area contributed by atoms with Crippen LogP contribution in [0.1, 0.15) is 35.9 Å². The third-order valence-electron chi connectivity index (χ3n) is 4.19. The molecule has 0 bridgehead atoms. The highest BCUT2D eigenvalue weighted by Gasteiger charge is 2.29. The average molecular weight is 292 g/mol. The van der Waals surface area contributed by atoms with Crippen molar-refractivity contribution in [2.24, 2.45) is 5.41 Å². The molecule has 1 amide bonds. The Morgan fingerprint density at radius 1 is 1.33 bits per heavy atom. The summed E-state index contributed by atoms with van der Waals surface area (Å²) in [6.45, 7) is 9.56. The third-order valence-corrected chi connectivity index (χ3v) is 4.19. The number of aromatic nitrogens is 2. The summed E-state index contributed by atoms with van der Waals surface area (Å²) in [4.78, 5) is 22.4. The number of nitrogens with zero attached hydrogens (tertiary/aromatic N) is 2. The molecule has 0 atom stereocenters. The van der Waals surface area contributed by atoms with Gasteiger partial charge in [-0.05, 0) is 11.8 Å². The van der Waals surface area contributed by atoms with Crippen LogP contribution in [0.4, 0.5) is 0 Å². The fraction of sp³-hybridized carbons (Fsp3) is 0.733. The van der Waals surface area contributed by atoms with Crippen molar-refractivity contribution >= 4 is 5.91 Å². The second kappa shape index (κ2) is 5.77. The molecule has 0 aromatic carbocycles. The van der Waals surface area contributed by atoms with E-state index in [1.165, 1.54) is 0 Å². The summed E-state index contributed by atoms with van der Waals surface area (Å²) < 4.78 is 5.35. The van der Waals surface area contributed by atoms with E-state index < -0.39 is 0 Å². The molecule has 2 aliphatic heterocycles. The van der Waals surface area contributed by atoms with E-state index >= 15 is 0 Å². The van der Waals surface area contributed by atoms with Gasteiger partial charge in [0.15, 0.2) is 0 Å². The molecule has 1 aromatic rings. The number of amides is 1. The lowest BCUT2D eigenvalue weighted by Gasteiger charge is -2.26. The average Bonchev–Trinajstić information content (AvgIpc) is 2.82. The van der Waals surface area contributed by atoms with Gasteiger partial charge in [-0.3, -0.25) is 9.69 Å². The van der Waals surface area contributed by atoms with Crippen molar-refractivity contribution in [2.75, 3.05) is 39.4 Å². The molecule has 3 heterocycles. The van der Waals surface area contributed by atoms with Crippen LogP contribution in [0.2, 0.25) is 0 Å². The maximum Gasteiger partial charge on any atom is 0.271 e. The molecular weight excluding hydrogens is 268 g/mol. The monoisotopic (exact) mass is 292 g/mol. The molecule has 6 nitrogen and oxygen atoms in total. The minimum absolute atomic E-state index is 0.0514. The summed E-state index contributed by atoms with van der Waals surface area (Å²) in [5.41, 5.74) is 1.62. The zero-order chi connectivity index (χ0) is 14.9. The lowest BCUT2D eigenvalue weighted by Crippen LogP contribution is -2.37. The Labute approximate surface area is 125 Å². The molecule has 0 saturated carbocycles. The maximum absolute atomic E-state index is 12.1. The zero-order valence-corrected chi connectivity index (χ0v) is 12.9.